The van der Waals surface area contributed by atoms with Gasteiger partial charge in [0.15, 0.2) is 5.65 Å². The van der Waals surface area contributed by atoms with Gasteiger partial charge in [-0.1, -0.05) is 0 Å². The Morgan fingerprint density at radius 2 is 2.04 bits per heavy atom. The van der Waals surface area contributed by atoms with E-state index in [9.17, 15) is 4.79 Å². The maximum atomic E-state index is 12.6. The van der Waals surface area contributed by atoms with Gasteiger partial charge >= 0.3 is 0 Å². The molecule has 2 bridgehead atoms. The number of aromatic nitrogens is 3. The average Bonchev–Trinajstić information content (AvgIpc) is 3.18. The van der Waals surface area contributed by atoms with Crippen LogP contribution in [0.25, 0.3) is 5.65 Å². The fourth-order valence-corrected chi connectivity index (χ4v) is 4.48. The zero-order chi connectivity index (χ0) is 14.7. The Morgan fingerprint density at radius 1 is 1.26 bits per heavy atom. The molecule has 3 saturated heterocycles. The summed E-state index contributed by atoms with van der Waals surface area (Å²) in [7, 11) is 0. The van der Waals surface area contributed by atoms with Crippen molar-refractivity contribution in [1.29, 1.82) is 0 Å². The molecule has 4 aliphatic rings. The summed E-state index contributed by atoms with van der Waals surface area (Å²) in [6, 6.07) is 0.294. The van der Waals surface area contributed by atoms with Crippen LogP contribution in [0.3, 0.4) is 0 Å². The van der Waals surface area contributed by atoms with Gasteiger partial charge in [-0.2, -0.15) is 0 Å². The van der Waals surface area contributed by atoms with E-state index in [0.717, 1.165) is 5.65 Å². The maximum absolute atomic E-state index is 12.6. The normalized spacial score (nSPS) is 30.2. The number of imidazole rings is 1. The topological polar surface area (TPSA) is 62.5 Å². The molecular weight excluding hydrogens is 314 g/mol. The third kappa shape index (κ3) is 2.16. The van der Waals surface area contributed by atoms with Gasteiger partial charge < -0.3 is 9.72 Å². The van der Waals surface area contributed by atoms with Crippen molar-refractivity contribution in [3.63, 3.8) is 0 Å². The van der Waals surface area contributed by atoms with Gasteiger partial charge in [0.05, 0.1) is 12.2 Å². The molecule has 5 heterocycles. The van der Waals surface area contributed by atoms with E-state index in [1.165, 1.54) is 38.8 Å². The Hall–Kier alpha value is -1.66. The van der Waals surface area contributed by atoms with Crippen molar-refractivity contribution in [2.75, 3.05) is 13.1 Å². The third-order valence-corrected chi connectivity index (χ3v) is 5.78. The lowest BCUT2D eigenvalue weighted by Crippen LogP contribution is -2.65. The zero-order valence-corrected chi connectivity index (χ0v) is 13.6. The minimum Gasteiger partial charge on any atom is -0.346 e. The second-order valence-electron chi connectivity index (χ2n) is 6.84. The predicted octanol–water partition coefficient (Wildman–Crippen LogP) is 1.51. The van der Waals surface area contributed by atoms with Gasteiger partial charge in [-0.05, 0) is 44.7 Å². The van der Waals surface area contributed by atoms with E-state index >= 15 is 0 Å². The Labute approximate surface area is 140 Å². The van der Waals surface area contributed by atoms with E-state index in [1.54, 1.807) is 18.6 Å². The van der Waals surface area contributed by atoms with Crippen molar-refractivity contribution in [3.05, 3.63) is 30.5 Å². The summed E-state index contributed by atoms with van der Waals surface area (Å²) in [5, 5.41) is 3.30. The lowest BCUT2D eigenvalue weighted by Gasteiger charge is -2.52. The minimum absolute atomic E-state index is 0. The van der Waals surface area contributed by atoms with Crippen molar-refractivity contribution in [3.8, 4) is 0 Å². The third-order valence-electron chi connectivity index (χ3n) is 5.78. The highest BCUT2D eigenvalue weighted by molar-refractivity contribution is 5.92. The van der Waals surface area contributed by atoms with E-state index in [2.05, 4.69) is 20.2 Å². The Bertz CT molecular complexity index is 748. The molecule has 4 fully saturated rings. The van der Waals surface area contributed by atoms with Crippen molar-refractivity contribution in [2.24, 2.45) is 5.92 Å². The van der Waals surface area contributed by atoms with Gasteiger partial charge in [0.25, 0.3) is 5.91 Å². The van der Waals surface area contributed by atoms with Crippen LogP contribution in [-0.4, -0.2) is 49.8 Å². The lowest BCUT2D eigenvalue weighted by molar-refractivity contribution is -0.00153. The first-order valence-corrected chi connectivity index (χ1v) is 8.11. The van der Waals surface area contributed by atoms with Crippen LogP contribution in [0.4, 0.5) is 0 Å². The standard InChI is InChI=1S/C16H19N5O.ClH/c22-15(12-10-20-8-5-17-13(20)9-18-12)19-14-11-1-6-21(7-2-11)16(14)3-4-16;/h5,8-11,14H,1-4,6-7H2,(H,19,22);1H/t14-;/m1./s1. The molecule has 0 unspecified atom stereocenters. The number of fused-ring (bicyclic) bond motifs is 3. The summed E-state index contributed by atoms with van der Waals surface area (Å²) in [5.74, 6) is 0.578. The van der Waals surface area contributed by atoms with Crippen LogP contribution in [0.2, 0.25) is 0 Å². The van der Waals surface area contributed by atoms with Crippen LogP contribution in [0, 0.1) is 5.92 Å². The van der Waals surface area contributed by atoms with E-state index in [-0.39, 0.29) is 23.9 Å². The number of rotatable bonds is 2. The number of piperidine rings is 3. The molecule has 0 aromatic carbocycles. The number of hydrogen-bond acceptors (Lipinski definition) is 4. The van der Waals surface area contributed by atoms with Crippen LogP contribution in [0.5, 0.6) is 0 Å². The molecule has 1 amide bonds. The van der Waals surface area contributed by atoms with Gasteiger partial charge in [0.2, 0.25) is 0 Å². The minimum atomic E-state index is -0.0550. The molecule has 0 radical (unpaired) electrons. The molecule has 1 aliphatic carbocycles. The first-order chi connectivity index (χ1) is 10.8. The van der Waals surface area contributed by atoms with E-state index in [1.807, 2.05) is 10.6 Å². The lowest BCUT2D eigenvalue weighted by atomic mass is 9.77. The zero-order valence-electron chi connectivity index (χ0n) is 12.8. The highest BCUT2D eigenvalue weighted by Crippen LogP contribution is 2.53. The van der Waals surface area contributed by atoms with Crippen molar-refractivity contribution >= 4 is 24.0 Å². The van der Waals surface area contributed by atoms with Gasteiger partial charge in [0.1, 0.15) is 5.69 Å². The summed E-state index contributed by atoms with van der Waals surface area (Å²) in [6.45, 7) is 2.41. The number of hydrogen-bond donors (Lipinski definition) is 1. The number of amides is 1. The molecule has 6 rings (SSSR count). The molecule has 23 heavy (non-hydrogen) atoms. The number of carbonyl (C=O) groups is 1. The van der Waals surface area contributed by atoms with Gasteiger partial charge in [-0.15, -0.1) is 12.4 Å². The molecule has 1 N–H and O–H groups in total. The second kappa shape index (κ2) is 5.18. The monoisotopic (exact) mass is 333 g/mol. The summed E-state index contributed by atoms with van der Waals surface area (Å²) in [4.78, 5) is 23.7. The summed E-state index contributed by atoms with van der Waals surface area (Å²) in [6.07, 6.45) is 11.8. The smallest absolute Gasteiger partial charge is 0.271 e. The first kappa shape index (κ1) is 14.9. The van der Waals surface area contributed by atoms with Crippen molar-refractivity contribution in [2.45, 2.75) is 37.3 Å². The second-order valence-corrected chi connectivity index (χ2v) is 6.84. The summed E-state index contributed by atoms with van der Waals surface area (Å²) < 4.78 is 1.84. The Balaban J connectivity index is 0.00000135. The molecular formula is C16H20ClN5O. The summed E-state index contributed by atoms with van der Waals surface area (Å²) in [5.41, 5.74) is 1.49. The van der Waals surface area contributed by atoms with Crippen LogP contribution in [0.1, 0.15) is 36.2 Å². The van der Waals surface area contributed by atoms with Crippen molar-refractivity contribution < 1.29 is 4.79 Å². The molecule has 122 valence electrons. The predicted molar refractivity (Wildman–Crippen MR) is 87.8 cm³/mol. The van der Waals surface area contributed by atoms with Crippen molar-refractivity contribution in [1.82, 2.24) is 24.6 Å². The fourth-order valence-electron chi connectivity index (χ4n) is 4.48. The highest BCUT2D eigenvalue weighted by Gasteiger charge is 2.60. The molecule has 1 saturated carbocycles. The van der Waals surface area contributed by atoms with Gasteiger partial charge in [0, 0.05) is 24.1 Å². The largest absolute Gasteiger partial charge is 0.346 e. The average molecular weight is 334 g/mol. The SMILES string of the molecule is Cl.O=C(N[C@@H]1C2CCN(CC2)C12CC2)c1cn2ccnc2cn1. The van der Waals surface area contributed by atoms with Crippen LogP contribution >= 0.6 is 12.4 Å². The molecule has 2 aromatic heterocycles. The molecule has 3 aliphatic heterocycles. The number of nitrogens with one attached hydrogen (secondary N) is 1. The molecule has 1 atom stereocenters. The fraction of sp³-hybridized carbons (Fsp3) is 0.562. The molecule has 7 heteroatoms. The first-order valence-electron chi connectivity index (χ1n) is 8.11. The van der Waals surface area contributed by atoms with Gasteiger partial charge in [-0.3, -0.25) is 9.69 Å². The van der Waals surface area contributed by atoms with E-state index in [0.29, 0.717) is 17.7 Å². The molecule has 6 nitrogen and oxygen atoms in total. The Kier molecular flexibility index (Phi) is 3.35. The maximum Gasteiger partial charge on any atom is 0.271 e. The quantitative estimate of drug-likeness (QED) is 0.905. The number of nitrogens with zero attached hydrogens (tertiary/aromatic N) is 4. The molecule has 1 spiro atoms. The summed E-state index contributed by atoms with van der Waals surface area (Å²) >= 11 is 0. The van der Waals surface area contributed by atoms with Crippen LogP contribution in [0.15, 0.2) is 24.8 Å². The van der Waals surface area contributed by atoms with Gasteiger partial charge in [-0.25, -0.2) is 9.97 Å². The molecule has 2 aromatic rings. The Morgan fingerprint density at radius 3 is 2.78 bits per heavy atom. The van der Waals surface area contributed by atoms with E-state index in [4.69, 9.17) is 0 Å². The van der Waals surface area contributed by atoms with Crippen LogP contribution in [-0.2, 0) is 0 Å². The number of carbonyl (C=O) groups excluding carboxylic acids is 1. The highest BCUT2D eigenvalue weighted by atomic mass is 35.5. The van der Waals surface area contributed by atoms with Crippen LogP contribution < -0.4 is 5.32 Å². The number of halogens is 1. The van der Waals surface area contributed by atoms with E-state index < -0.39 is 0 Å².